The highest BCUT2D eigenvalue weighted by atomic mass is 32.2. The number of carbonyl (C=O) groups excluding carboxylic acids is 1. The van der Waals surface area contributed by atoms with Gasteiger partial charge in [0, 0.05) is 16.9 Å². The number of nitrogens with one attached hydrogen (secondary N) is 1. The maximum Gasteiger partial charge on any atom is 0.234 e. The summed E-state index contributed by atoms with van der Waals surface area (Å²) in [6.07, 6.45) is 0. The molecule has 0 saturated heterocycles. The second-order valence-electron chi connectivity index (χ2n) is 10.00. The number of amides is 1. The van der Waals surface area contributed by atoms with Crippen molar-refractivity contribution in [2.45, 2.75) is 52.1 Å². The molecule has 192 valence electrons. The van der Waals surface area contributed by atoms with E-state index in [1.807, 2.05) is 67.8 Å². The molecule has 0 aliphatic carbocycles. The number of para-hydroxylation sites is 1. The number of benzene rings is 3. The summed E-state index contributed by atoms with van der Waals surface area (Å²) in [7, 11) is 0. The lowest BCUT2D eigenvalue weighted by Crippen LogP contribution is -2.16. The van der Waals surface area contributed by atoms with Crippen LogP contribution in [0.3, 0.4) is 0 Å². The highest BCUT2D eigenvalue weighted by molar-refractivity contribution is 7.99. The van der Waals surface area contributed by atoms with Crippen molar-refractivity contribution in [1.29, 1.82) is 0 Å². The first-order chi connectivity index (χ1) is 17.7. The Morgan fingerprint density at radius 3 is 2.19 bits per heavy atom. The third kappa shape index (κ3) is 6.23. The number of ether oxygens (including phenoxy) is 1. The molecule has 4 rings (SSSR count). The lowest BCUT2D eigenvalue weighted by atomic mass is 9.87. The Morgan fingerprint density at radius 2 is 1.59 bits per heavy atom. The monoisotopic (exact) mass is 514 g/mol. The molecule has 1 heterocycles. The van der Waals surface area contributed by atoms with E-state index in [0.29, 0.717) is 11.8 Å². The van der Waals surface area contributed by atoms with Gasteiger partial charge in [-0.2, -0.15) is 0 Å². The van der Waals surface area contributed by atoms with Crippen LogP contribution in [-0.2, 0) is 10.2 Å². The maximum atomic E-state index is 12.9. The molecule has 6 nitrogen and oxygen atoms in total. The topological polar surface area (TPSA) is 69.0 Å². The van der Waals surface area contributed by atoms with Crippen LogP contribution < -0.4 is 10.1 Å². The van der Waals surface area contributed by atoms with Gasteiger partial charge >= 0.3 is 0 Å². The SMILES string of the molecule is CCOc1ccc(-n2c(SCC(=O)Nc3c(C)cccc3C)nnc2-c2ccc(C(C)(C)C)cc2)cc1. The second-order valence-corrected chi connectivity index (χ2v) is 10.9. The minimum absolute atomic E-state index is 0.0607. The molecule has 0 aliphatic rings. The zero-order chi connectivity index (χ0) is 26.6. The summed E-state index contributed by atoms with van der Waals surface area (Å²) in [6.45, 7) is 13.2. The molecule has 0 atom stereocenters. The first-order valence-electron chi connectivity index (χ1n) is 12.5. The standard InChI is InChI=1S/C30H34N4O2S/c1-7-36-25-17-15-24(16-18-25)34-28(22-11-13-23(14-12-22)30(4,5)6)32-33-29(34)37-19-26(35)31-27-20(2)9-8-10-21(27)3/h8-18H,7,19H2,1-6H3,(H,31,35). The number of hydrogen-bond acceptors (Lipinski definition) is 5. The highest BCUT2D eigenvalue weighted by Gasteiger charge is 2.19. The number of hydrogen-bond donors (Lipinski definition) is 1. The Morgan fingerprint density at radius 1 is 0.946 bits per heavy atom. The number of anilines is 1. The van der Waals surface area contributed by atoms with Gasteiger partial charge < -0.3 is 10.1 Å². The van der Waals surface area contributed by atoms with Gasteiger partial charge in [-0.1, -0.05) is 75.0 Å². The highest BCUT2D eigenvalue weighted by Crippen LogP contribution is 2.31. The lowest BCUT2D eigenvalue weighted by Gasteiger charge is -2.19. The fourth-order valence-corrected chi connectivity index (χ4v) is 4.83. The van der Waals surface area contributed by atoms with E-state index in [4.69, 9.17) is 4.74 Å². The van der Waals surface area contributed by atoms with Gasteiger partial charge in [0.15, 0.2) is 11.0 Å². The summed E-state index contributed by atoms with van der Waals surface area (Å²) < 4.78 is 7.62. The summed E-state index contributed by atoms with van der Waals surface area (Å²) >= 11 is 1.36. The number of carbonyl (C=O) groups is 1. The Labute approximate surface area is 223 Å². The van der Waals surface area contributed by atoms with Crippen LogP contribution in [0.1, 0.15) is 44.4 Å². The molecule has 0 bridgehead atoms. The zero-order valence-corrected chi connectivity index (χ0v) is 23.1. The number of nitrogens with zero attached hydrogens (tertiary/aromatic N) is 3. The minimum Gasteiger partial charge on any atom is -0.494 e. The summed E-state index contributed by atoms with van der Waals surface area (Å²) in [6, 6.07) is 22.3. The molecule has 0 aliphatic heterocycles. The van der Waals surface area contributed by atoms with Gasteiger partial charge in [0.2, 0.25) is 5.91 Å². The fraction of sp³-hybridized carbons (Fsp3) is 0.300. The van der Waals surface area contributed by atoms with Gasteiger partial charge in [0.05, 0.1) is 12.4 Å². The summed E-state index contributed by atoms with van der Waals surface area (Å²) in [5.74, 6) is 1.66. The second kappa shape index (κ2) is 11.2. The Hall–Kier alpha value is -3.58. The predicted molar refractivity (Wildman–Crippen MR) is 152 cm³/mol. The van der Waals surface area contributed by atoms with Gasteiger partial charge in [0.1, 0.15) is 5.75 Å². The molecular weight excluding hydrogens is 480 g/mol. The van der Waals surface area contributed by atoms with Crippen LogP contribution in [0.2, 0.25) is 0 Å². The smallest absolute Gasteiger partial charge is 0.234 e. The van der Waals surface area contributed by atoms with Crippen LogP contribution in [0.25, 0.3) is 17.1 Å². The molecule has 1 amide bonds. The first kappa shape index (κ1) is 26.5. The van der Waals surface area contributed by atoms with Gasteiger partial charge in [-0.3, -0.25) is 9.36 Å². The van der Waals surface area contributed by atoms with Gasteiger partial charge in [0.25, 0.3) is 0 Å². The average Bonchev–Trinajstić information content (AvgIpc) is 3.29. The fourth-order valence-electron chi connectivity index (χ4n) is 4.08. The van der Waals surface area contributed by atoms with Crippen molar-refractivity contribution < 1.29 is 9.53 Å². The van der Waals surface area contributed by atoms with E-state index in [1.54, 1.807) is 0 Å². The van der Waals surface area contributed by atoms with E-state index in [2.05, 4.69) is 60.6 Å². The van der Waals surface area contributed by atoms with Crippen LogP contribution in [0.4, 0.5) is 5.69 Å². The number of thioether (sulfide) groups is 1. The van der Waals surface area contributed by atoms with E-state index in [-0.39, 0.29) is 17.1 Å². The van der Waals surface area contributed by atoms with Crippen LogP contribution >= 0.6 is 11.8 Å². The molecule has 3 aromatic carbocycles. The van der Waals surface area contributed by atoms with E-state index in [0.717, 1.165) is 39.6 Å². The van der Waals surface area contributed by atoms with Gasteiger partial charge in [-0.05, 0) is 67.1 Å². The molecule has 0 fully saturated rings. The molecule has 1 aromatic heterocycles. The van der Waals surface area contributed by atoms with Crippen molar-refractivity contribution in [3.05, 3.63) is 83.4 Å². The third-order valence-corrected chi connectivity index (χ3v) is 7.06. The maximum absolute atomic E-state index is 12.9. The molecule has 0 spiro atoms. The molecule has 1 N–H and O–H groups in total. The quantitative estimate of drug-likeness (QED) is 0.257. The van der Waals surface area contributed by atoms with E-state index < -0.39 is 0 Å². The molecule has 0 saturated carbocycles. The minimum atomic E-state index is -0.0836. The normalized spacial score (nSPS) is 11.4. The molecule has 0 radical (unpaired) electrons. The van der Waals surface area contributed by atoms with Crippen LogP contribution in [0, 0.1) is 13.8 Å². The molecule has 37 heavy (non-hydrogen) atoms. The van der Waals surface area contributed by atoms with Crippen LogP contribution in [-0.4, -0.2) is 33.0 Å². The molecular formula is C30H34N4O2S. The van der Waals surface area contributed by atoms with Gasteiger partial charge in [-0.25, -0.2) is 0 Å². The average molecular weight is 515 g/mol. The van der Waals surface area contributed by atoms with Crippen molar-refractivity contribution in [1.82, 2.24) is 14.8 Å². The van der Waals surface area contributed by atoms with E-state index in [1.165, 1.54) is 17.3 Å². The van der Waals surface area contributed by atoms with Crippen molar-refractivity contribution in [3.8, 4) is 22.8 Å². The number of rotatable bonds is 8. The van der Waals surface area contributed by atoms with Gasteiger partial charge in [-0.15, -0.1) is 10.2 Å². The Bertz CT molecular complexity index is 1350. The van der Waals surface area contributed by atoms with Crippen molar-refractivity contribution in [2.24, 2.45) is 0 Å². The van der Waals surface area contributed by atoms with Crippen LogP contribution in [0.5, 0.6) is 5.75 Å². The molecule has 7 heteroatoms. The summed E-state index contributed by atoms with van der Waals surface area (Å²) in [4.78, 5) is 12.9. The lowest BCUT2D eigenvalue weighted by molar-refractivity contribution is -0.113. The number of aromatic nitrogens is 3. The zero-order valence-electron chi connectivity index (χ0n) is 22.3. The van der Waals surface area contributed by atoms with Crippen molar-refractivity contribution >= 4 is 23.4 Å². The molecule has 0 unspecified atom stereocenters. The Kier molecular flexibility index (Phi) is 8.03. The van der Waals surface area contributed by atoms with E-state index >= 15 is 0 Å². The number of aryl methyl sites for hydroxylation is 2. The van der Waals surface area contributed by atoms with E-state index in [9.17, 15) is 4.79 Å². The first-order valence-corrected chi connectivity index (χ1v) is 13.4. The molecule has 4 aromatic rings. The Balaban J connectivity index is 1.64. The largest absolute Gasteiger partial charge is 0.494 e. The summed E-state index contributed by atoms with van der Waals surface area (Å²) in [5, 5.41) is 12.7. The third-order valence-electron chi connectivity index (χ3n) is 6.13. The van der Waals surface area contributed by atoms with Crippen LogP contribution in [0.15, 0.2) is 71.9 Å². The van der Waals surface area contributed by atoms with Crippen molar-refractivity contribution in [3.63, 3.8) is 0 Å². The van der Waals surface area contributed by atoms with Crippen molar-refractivity contribution in [2.75, 3.05) is 17.7 Å². The summed E-state index contributed by atoms with van der Waals surface area (Å²) in [5.41, 5.74) is 6.11. The predicted octanol–water partition coefficient (Wildman–Crippen LogP) is 6.98.